The summed E-state index contributed by atoms with van der Waals surface area (Å²) >= 11 is 0. The van der Waals surface area contributed by atoms with E-state index in [1.807, 2.05) is 0 Å². The molecule has 0 bridgehead atoms. The number of halogens is 1. The minimum absolute atomic E-state index is 0. The molecule has 0 saturated carbocycles. The number of benzene rings is 1. The van der Waals surface area contributed by atoms with Crippen LogP contribution in [0.4, 0.5) is 5.69 Å². The molecule has 104 valence electrons. The molecular formula is C16H23ClN2. The first-order valence-electron chi connectivity index (χ1n) is 6.90. The molecule has 0 spiro atoms. The van der Waals surface area contributed by atoms with Crippen LogP contribution in [0.15, 0.2) is 24.3 Å². The van der Waals surface area contributed by atoms with Crippen LogP contribution >= 0.6 is 0 Å². The van der Waals surface area contributed by atoms with Crippen LogP contribution in [0.1, 0.15) is 37.9 Å². The highest BCUT2D eigenvalue weighted by atomic mass is 35.5. The summed E-state index contributed by atoms with van der Waals surface area (Å²) in [4.78, 5) is 0. The van der Waals surface area contributed by atoms with E-state index in [-0.39, 0.29) is 12.4 Å². The molecule has 1 aromatic heterocycles. The van der Waals surface area contributed by atoms with Crippen molar-refractivity contribution in [3.63, 3.8) is 0 Å². The van der Waals surface area contributed by atoms with Gasteiger partial charge in [-0.1, -0.05) is 32.4 Å². The summed E-state index contributed by atoms with van der Waals surface area (Å²) in [6, 6.07) is 8.46. The van der Waals surface area contributed by atoms with Crippen LogP contribution < -0.4 is 22.7 Å². The van der Waals surface area contributed by atoms with Gasteiger partial charge in [-0.05, 0) is 12.5 Å². The molecule has 0 unspecified atom stereocenters. The normalized spacial score (nSPS) is 10.5. The van der Waals surface area contributed by atoms with E-state index in [1.54, 1.807) is 0 Å². The predicted octanol–water partition coefficient (Wildman–Crippen LogP) is 0.384. The smallest absolute Gasteiger partial charge is 0.214 e. The van der Waals surface area contributed by atoms with Gasteiger partial charge < -0.3 is 18.1 Å². The predicted molar refractivity (Wildman–Crippen MR) is 77.6 cm³/mol. The highest BCUT2D eigenvalue weighted by molar-refractivity contribution is 5.89. The highest BCUT2D eigenvalue weighted by Gasteiger charge is 2.19. The Hall–Kier alpha value is -1.28. The SMILES string of the molecule is CCCC[n+]1c(C)c(CC)c(N)c2ccccc21.[Cl-]. The lowest BCUT2D eigenvalue weighted by Crippen LogP contribution is -3.00. The van der Waals surface area contributed by atoms with Gasteiger partial charge in [-0.15, -0.1) is 0 Å². The number of hydrogen-bond donors (Lipinski definition) is 1. The lowest BCUT2D eigenvalue weighted by atomic mass is 10.0. The van der Waals surface area contributed by atoms with Crippen molar-refractivity contribution in [2.75, 3.05) is 5.73 Å². The van der Waals surface area contributed by atoms with Gasteiger partial charge in [0.15, 0.2) is 5.69 Å². The van der Waals surface area contributed by atoms with Gasteiger partial charge in [-0.3, -0.25) is 0 Å². The third-order valence-electron chi connectivity index (χ3n) is 3.74. The minimum Gasteiger partial charge on any atom is -1.00 e. The zero-order chi connectivity index (χ0) is 13.1. The summed E-state index contributed by atoms with van der Waals surface area (Å²) in [7, 11) is 0. The number of aryl methyl sites for hydroxylation is 1. The van der Waals surface area contributed by atoms with E-state index in [1.165, 1.54) is 35.0 Å². The van der Waals surface area contributed by atoms with Gasteiger partial charge in [0.25, 0.3) is 0 Å². The fraction of sp³-hybridized carbons (Fsp3) is 0.438. The molecular weight excluding hydrogens is 256 g/mol. The Labute approximate surface area is 122 Å². The largest absolute Gasteiger partial charge is 1.00 e. The lowest BCUT2D eigenvalue weighted by Gasteiger charge is -2.12. The summed E-state index contributed by atoms with van der Waals surface area (Å²) in [5, 5.41) is 1.19. The van der Waals surface area contributed by atoms with Crippen molar-refractivity contribution >= 4 is 16.6 Å². The first-order chi connectivity index (χ1) is 8.70. The Morgan fingerprint density at radius 2 is 1.84 bits per heavy atom. The second-order valence-corrected chi connectivity index (χ2v) is 4.85. The quantitative estimate of drug-likeness (QED) is 0.806. The average Bonchev–Trinajstić information content (AvgIpc) is 2.39. The third-order valence-corrected chi connectivity index (χ3v) is 3.74. The third kappa shape index (κ3) is 2.84. The topological polar surface area (TPSA) is 29.9 Å². The molecule has 1 aromatic carbocycles. The maximum atomic E-state index is 6.31. The van der Waals surface area contributed by atoms with Crippen LogP contribution in [-0.2, 0) is 13.0 Å². The van der Waals surface area contributed by atoms with Gasteiger partial charge in [0.2, 0.25) is 5.52 Å². The maximum Gasteiger partial charge on any atom is 0.214 e. The van der Waals surface area contributed by atoms with Gasteiger partial charge >= 0.3 is 0 Å². The molecule has 2 rings (SSSR count). The highest BCUT2D eigenvalue weighted by Crippen LogP contribution is 2.24. The second-order valence-electron chi connectivity index (χ2n) is 4.85. The van der Waals surface area contributed by atoms with E-state index >= 15 is 0 Å². The number of nitrogens with zero attached hydrogens (tertiary/aromatic N) is 1. The van der Waals surface area contributed by atoms with Gasteiger partial charge in [0, 0.05) is 25.0 Å². The Balaban J connectivity index is 0.00000180. The molecule has 0 aliphatic heterocycles. The van der Waals surface area contributed by atoms with Crippen molar-refractivity contribution < 1.29 is 17.0 Å². The maximum absolute atomic E-state index is 6.31. The number of hydrogen-bond acceptors (Lipinski definition) is 1. The standard InChI is InChI=1S/C16H22N2.ClH/c1-4-6-11-18-12(3)13(5-2)16(17)14-9-7-8-10-15(14)18;/h7-10,17H,4-6,11H2,1-3H3;1H. The molecule has 0 aliphatic rings. The molecule has 0 fully saturated rings. The van der Waals surface area contributed by atoms with E-state index in [9.17, 15) is 0 Å². The Kier molecular flexibility index (Phi) is 5.61. The number of para-hydroxylation sites is 1. The monoisotopic (exact) mass is 278 g/mol. The zero-order valence-electron chi connectivity index (χ0n) is 12.0. The molecule has 0 radical (unpaired) electrons. The summed E-state index contributed by atoms with van der Waals surface area (Å²) < 4.78 is 2.42. The number of nitrogen functional groups attached to an aromatic ring is 1. The van der Waals surface area contributed by atoms with E-state index in [0.29, 0.717) is 0 Å². The second kappa shape index (κ2) is 6.76. The van der Waals surface area contributed by atoms with Gasteiger partial charge in [0.05, 0.1) is 11.1 Å². The van der Waals surface area contributed by atoms with Crippen molar-refractivity contribution in [3.8, 4) is 0 Å². The number of unbranched alkanes of at least 4 members (excludes halogenated alkanes) is 1. The van der Waals surface area contributed by atoms with Crippen LogP contribution in [0.5, 0.6) is 0 Å². The fourth-order valence-corrected chi connectivity index (χ4v) is 2.69. The first kappa shape index (κ1) is 15.8. The molecule has 1 heterocycles. The number of nitrogens with two attached hydrogens (primary N) is 1. The van der Waals surface area contributed by atoms with Gasteiger partial charge in [-0.2, -0.15) is 4.57 Å². The van der Waals surface area contributed by atoms with E-state index in [0.717, 1.165) is 18.7 Å². The summed E-state index contributed by atoms with van der Waals surface area (Å²) in [5.41, 5.74) is 11.2. The van der Waals surface area contributed by atoms with Crippen molar-refractivity contribution in [1.29, 1.82) is 0 Å². The Morgan fingerprint density at radius 3 is 2.47 bits per heavy atom. The average molecular weight is 279 g/mol. The van der Waals surface area contributed by atoms with E-state index in [4.69, 9.17) is 5.73 Å². The van der Waals surface area contributed by atoms with E-state index < -0.39 is 0 Å². The lowest BCUT2D eigenvalue weighted by molar-refractivity contribution is -0.678. The first-order valence-corrected chi connectivity index (χ1v) is 6.90. The van der Waals surface area contributed by atoms with Crippen molar-refractivity contribution in [2.24, 2.45) is 0 Å². The summed E-state index contributed by atoms with van der Waals surface area (Å²) in [6.07, 6.45) is 3.42. The van der Waals surface area contributed by atoms with Crippen LogP contribution in [0.25, 0.3) is 10.9 Å². The number of rotatable bonds is 4. The van der Waals surface area contributed by atoms with Gasteiger partial charge in [-0.25, -0.2) is 0 Å². The fourth-order valence-electron chi connectivity index (χ4n) is 2.69. The number of anilines is 1. The van der Waals surface area contributed by atoms with Crippen LogP contribution in [-0.4, -0.2) is 0 Å². The Bertz CT molecular complexity index is 564. The molecule has 0 atom stereocenters. The van der Waals surface area contributed by atoms with Crippen molar-refractivity contribution in [1.82, 2.24) is 0 Å². The molecule has 0 saturated heterocycles. The van der Waals surface area contributed by atoms with Gasteiger partial charge in [0.1, 0.15) is 6.54 Å². The molecule has 2 aromatic rings. The molecule has 0 amide bonds. The Morgan fingerprint density at radius 1 is 1.16 bits per heavy atom. The molecule has 2 N–H and O–H groups in total. The minimum atomic E-state index is 0. The summed E-state index contributed by atoms with van der Waals surface area (Å²) in [6.45, 7) is 7.68. The van der Waals surface area contributed by atoms with Crippen molar-refractivity contribution in [2.45, 2.75) is 46.6 Å². The molecule has 19 heavy (non-hydrogen) atoms. The summed E-state index contributed by atoms with van der Waals surface area (Å²) in [5.74, 6) is 0. The van der Waals surface area contributed by atoms with Crippen molar-refractivity contribution in [3.05, 3.63) is 35.5 Å². The zero-order valence-corrected chi connectivity index (χ0v) is 12.8. The van der Waals surface area contributed by atoms with Crippen LogP contribution in [0.3, 0.4) is 0 Å². The van der Waals surface area contributed by atoms with E-state index in [2.05, 4.69) is 49.6 Å². The number of fused-ring (bicyclic) bond motifs is 1. The number of pyridine rings is 1. The van der Waals surface area contributed by atoms with Crippen LogP contribution in [0.2, 0.25) is 0 Å². The molecule has 0 aliphatic carbocycles. The molecule has 2 nitrogen and oxygen atoms in total. The molecule has 3 heteroatoms. The number of aromatic nitrogens is 1. The van der Waals surface area contributed by atoms with Crippen LogP contribution in [0, 0.1) is 6.92 Å².